The first-order valence-electron chi connectivity index (χ1n) is 7.12. The Kier molecular flexibility index (Phi) is 3.13. The number of nitrogens with one attached hydrogen (secondary N) is 2. The molecule has 0 radical (unpaired) electrons. The molecule has 0 spiro atoms. The highest BCUT2D eigenvalue weighted by atomic mass is 14.9. The highest BCUT2D eigenvalue weighted by molar-refractivity contribution is 5.87. The molecule has 18 heavy (non-hydrogen) atoms. The molecule has 1 aliphatic rings. The molecule has 1 aromatic heterocycles. The smallest absolute Gasteiger partial charge is 0.0491 e. The summed E-state index contributed by atoms with van der Waals surface area (Å²) >= 11 is 0. The molecule has 1 atom stereocenters. The predicted molar refractivity (Wildman–Crippen MR) is 77.1 cm³/mol. The van der Waals surface area contributed by atoms with Crippen LogP contribution in [0.25, 0.3) is 10.9 Å². The van der Waals surface area contributed by atoms with Crippen LogP contribution in [-0.2, 0) is 12.8 Å². The average Bonchev–Trinajstić information content (AvgIpc) is 2.99. The Morgan fingerprint density at radius 1 is 1.33 bits per heavy atom. The van der Waals surface area contributed by atoms with Crippen molar-refractivity contribution < 1.29 is 0 Å². The van der Waals surface area contributed by atoms with Gasteiger partial charge in [0.05, 0.1) is 0 Å². The molecule has 2 heterocycles. The lowest BCUT2D eigenvalue weighted by molar-refractivity contribution is 0.603. The summed E-state index contributed by atoms with van der Waals surface area (Å²) in [4.78, 5) is 3.59. The summed E-state index contributed by atoms with van der Waals surface area (Å²) in [6, 6.07) is 7.37. The van der Waals surface area contributed by atoms with Crippen LogP contribution in [0.15, 0.2) is 18.2 Å². The van der Waals surface area contributed by atoms with Gasteiger partial charge in [0.2, 0.25) is 0 Å². The van der Waals surface area contributed by atoms with E-state index in [1.807, 2.05) is 0 Å². The van der Waals surface area contributed by atoms with Crippen LogP contribution in [0.4, 0.5) is 0 Å². The highest BCUT2D eigenvalue weighted by Gasteiger charge is 2.18. The van der Waals surface area contributed by atoms with Crippen LogP contribution in [0, 0.1) is 6.92 Å². The third kappa shape index (κ3) is 1.95. The SMILES string of the molecule is CCc1cccc2c(CC3CCCN3)c(C)[nH]c12. The summed E-state index contributed by atoms with van der Waals surface area (Å²) in [5.41, 5.74) is 5.64. The van der Waals surface area contributed by atoms with Gasteiger partial charge in [-0.05, 0) is 50.3 Å². The number of rotatable bonds is 3. The number of fused-ring (bicyclic) bond motifs is 1. The molecule has 1 fully saturated rings. The van der Waals surface area contributed by atoms with E-state index in [0.717, 1.165) is 6.42 Å². The minimum absolute atomic E-state index is 0.674. The van der Waals surface area contributed by atoms with Crippen molar-refractivity contribution in [1.29, 1.82) is 0 Å². The summed E-state index contributed by atoms with van der Waals surface area (Å²) in [5, 5.41) is 5.03. The number of aromatic nitrogens is 1. The summed E-state index contributed by atoms with van der Waals surface area (Å²) in [6.07, 6.45) is 4.91. The average molecular weight is 242 g/mol. The van der Waals surface area contributed by atoms with E-state index in [1.165, 1.54) is 53.5 Å². The number of para-hydroxylation sites is 1. The van der Waals surface area contributed by atoms with Crippen LogP contribution in [0.5, 0.6) is 0 Å². The maximum atomic E-state index is 3.60. The molecule has 2 aromatic rings. The van der Waals surface area contributed by atoms with Gasteiger partial charge in [0.15, 0.2) is 0 Å². The second-order valence-corrected chi connectivity index (χ2v) is 5.42. The van der Waals surface area contributed by atoms with Crippen molar-refractivity contribution in [3.8, 4) is 0 Å². The van der Waals surface area contributed by atoms with Crippen molar-refractivity contribution in [2.75, 3.05) is 6.54 Å². The fraction of sp³-hybridized carbons (Fsp3) is 0.500. The number of aryl methyl sites for hydroxylation is 2. The van der Waals surface area contributed by atoms with Gasteiger partial charge in [0.25, 0.3) is 0 Å². The minimum Gasteiger partial charge on any atom is -0.358 e. The maximum Gasteiger partial charge on any atom is 0.0491 e. The van der Waals surface area contributed by atoms with E-state index < -0.39 is 0 Å². The van der Waals surface area contributed by atoms with Crippen LogP contribution in [-0.4, -0.2) is 17.6 Å². The molecule has 0 aliphatic carbocycles. The molecule has 3 rings (SSSR count). The first-order valence-corrected chi connectivity index (χ1v) is 7.12. The molecule has 2 nitrogen and oxygen atoms in total. The molecule has 0 bridgehead atoms. The normalized spacial score (nSPS) is 19.8. The van der Waals surface area contributed by atoms with Crippen molar-refractivity contribution in [2.24, 2.45) is 0 Å². The van der Waals surface area contributed by atoms with Gasteiger partial charge < -0.3 is 10.3 Å². The first kappa shape index (κ1) is 11.8. The van der Waals surface area contributed by atoms with E-state index in [0.29, 0.717) is 6.04 Å². The second kappa shape index (κ2) is 4.77. The van der Waals surface area contributed by atoms with E-state index in [2.05, 4.69) is 42.3 Å². The lowest BCUT2D eigenvalue weighted by Gasteiger charge is -2.10. The molecule has 1 aromatic carbocycles. The zero-order valence-corrected chi connectivity index (χ0v) is 11.3. The number of hydrogen-bond donors (Lipinski definition) is 2. The first-order chi connectivity index (χ1) is 8.79. The van der Waals surface area contributed by atoms with E-state index in [1.54, 1.807) is 0 Å². The highest BCUT2D eigenvalue weighted by Crippen LogP contribution is 2.27. The molecule has 0 amide bonds. The van der Waals surface area contributed by atoms with Gasteiger partial charge in [0, 0.05) is 22.6 Å². The van der Waals surface area contributed by atoms with Gasteiger partial charge in [-0.1, -0.05) is 25.1 Å². The quantitative estimate of drug-likeness (QED) is 0.849. The molecule has 1 aliphatic heterocycles. The van der Waals surface area contributed by atoms with Gasteiger partial charge in [-0.2, -0.15) is 0 Å². The topological polar surface area (TPSA) is 27.8 Å². The predicted octanol–water partition coefficient (Wildman–Crippen LogP) is 3.33. The number of aromatic amines is 1. The van der Waals surface area contributed by atoms with Gasteiger partial charge in [-0.25, -0.2) is 0 Å². The lowest BCUT2D eigenvalue weighted by Crippen LogP contribution is -2.23. The van der Waals surface area contributed by atoms with Crippen LogP contribution < -0.4 is 5.32 Å². The number of H-pyrrole nitrogens is 1. The van der Waals surface area contributed by atoms with Gasteiger partial charge in [-0.15, -0.1) is 0 Å². The molecular formula is C16H22N2. The molecule has 2 N–H and O–H groups in total. The van der Waals surface area contributed by atoms with Crippen molar-refractivity contribution in [3.05, 3.63) is 35.0 Å². The Bertz CT molecular complexity index is 547. The minimum atomic E-state index is 0.674. The molecule has 2 heteroatoms. The Balaban J connectivity index is 2.02. The van der Waals surface area contributed by atoms with E-state index >= 15 is 0 Å². The Labute approximate surface area is 109 Å². The molecular weight excluding hydrogens is 220 g/mol. The fourth-order valence-electron chi connectivity index (χ4n) is 3.20. The zero-order chi connectivity index (χ0) is 12.5. The third-order valence-electron chi connectivity index (χ3n) is 4.23. The van der Waals surface area contributed by atoms with E-state index in [9.17, 15) is 0 Å². The van der Waals surface area contributed by atoms with Gasteiger partial charge in [0.1, 0.15) is 0 Å². The Morgan fingerprint density at radius 2 is 2.22 bits per heavy atom. The van der Waals surface area contributed by atoms with Crippen LogP contribution in [0.3, 0.4) is 0 Å². The second-order valence-electron chi connectivity index (χ2n) is 5.42. The summed E-state index contributed by atoms with van der Waals surface area (Å²) < 4.78 is 0. The number of hydrogen-bond acceptors (Lipinski definition) is 1. The summed E-state index contributed by atoms with van der Waals surface area (Å²) in [6.45, 7) is 5.62. The molecule has 0 saturated carbocycles. The monoisotopic (exact) mass is 242 g/mol. The largest absolute Gasteiger partial charge is 0.358 e. The fourth-order valence-corrected chi connectivity index (χ4v) is 3.20. The summed E-state index contributed by atoms with van der Waals surface area (Å²) in [5.74, 6) is 0. The van der Waals surface area contributed by atoms with E-state index in [-0.39, 0.29) is 0 Å². The Morgan fingerprint density at radius 3 is 2.94 bits per heavy atom. The van der Waals surface area contributed by atoms with Crippen molar-refractivity contribution in [2.45, 2.75) is 45.6 Å². The van der Waals surface area contributed by atoms with E-state index in [4.69, 9.17) is 0 Å². The van der Waals surface area contributed by atoms with Crippen LogP contribution >= 0.6 is 0 Å². The summed E-state index contributed by atoms with van der Waals surface area (Å²) in [7, 11) is 0. The number of benzene rings is 1. The lowest BCUT2D eigenvalue weighted by atomic mass is 10.00. The van der Waals surface area contributed by atoms with Crippen molar-refractivity contribution in [1.82, 2.24) is 10.3 Å². The van der Waals surface area contributed by atoms with Crippen molar-refractivity contribution in [3.63, 3.8) is 0 Å². The van der Waals surface area contributed by atoms with Gasteiger partial charge in [-0.3, -0.25) is 0 Å². The van der Waals surface area contributed by atoms with Gasteiger partial charge >= 0.3 is 0 Å². The molecule has 1 unspecified atom stereocenters. The Hall–Kier alpha value is -1.28. The standard InChI is InChI=1S/C16H22N2/c1-3-12-6-4-8-14-15(11(2)18-16(12)14)10-13-7-5-9-17-13/h4,6,8,13,17-18H,3,5,7,9-10H2,1-2H3. The maximum absolute atomic E-state index is 3.60. The van der Waals surface area contributed by atoms with Crippen LogP contribution in [0.1, 0.15) is 36.6 Å². The molecule has 96 valence electrons. The third-order valence-corrected chi connectivity index (χ3v) is 4.23. The zero-order valence-electron chi connectivity index (χ0n) is 11.3. The van der Waals surface area contributed by atoms with Crippen LogP contribution in [0.2, 0.25) is 0 Å². The van der Waals surface area contributed by atoms with Crippen molar-refractivity contribution >= 4 is 10.9 Å². The molecule has 1 saturated heterocycles.